The number of piperazine rings is 1. The summed E-state index contributed by atoms with van der Waals surface area (Å²) in [5, 5.41) is 3.20. The van der Waals surface area contributed by atoms with Gasteiger partial charge < -0.3 is 10.2 Å². The highest BCUT2D eigenvalue weighted by Crippen LogP contribution is 2.21. The standard InChI is InChI=1S/C19H27ClFN3O2/c1-15(25)22-9-4-2-3-8-19(26)24-12-10-23(11-13-24)14-16-17(20)6-5-7-18(16)21/h5-7H,2-4,8-14H2,1H3,(H,22,25). The molecule has 2 rings (SSSR count). The van der Waals surface area contributed by atoms with Crippen LogP contribution >= 0.6 is 11.6 Å². The summed E-state index contributed by atoms with van der Waals surface area (Å²) < 4.78 is 13.9. The number of amides is 2. The normalized spacial score (nSPS) is 15.1. The summed E-state index contributed by atoms with van der Waals surface area (Å²) in [7, 11) is 0. The molecule has 0 aliphatic carbocycles. The van der Waals surface area contributed by atoms with Crippen LogP contribution in [0, 0.1) is 5.82 Å². The zero-order chi connectivity index (χ0) is 18.9. The minimum absolute atomic E-state index is 0.0179. The van der Waals surface area contributed by atoms with E-state index in [0.29, 0.717) is 43.2 Å². The fourth-order valence-electron chi connectivity index (χ4n) is 3.06. The first-order chi connectivity index (χ1) is 12.5. The molecule has 0 aromatic heterocycles. The molecule has 7 heteroatoms. The predicted octanol–water partition coefficient (Wildman–Crippen LogP) is 2.82. The molecule has 1 N–H and O–H groups in total. The maximum Gasteiger partial charge on any atom is 0.222 e. The molecule has 0 unspecified atom stereocenters. The Bertz CT molecular complexity index is 599. The Morgan fingerprint density at radius 2 is 1.88 bits per heavy atom. The van der Waals surface area contributed by atoms with Crippen molar-refractivity contribution in [3.05, 3.63) is 34.6 Å². The number of unbranched alkanes of at least 4 members (excludes halogenated alkanes) is 2. The summed E-state index contributed by atoms with van der Waals surface area (Å²) in [4.78, 5) is 27.0. The third-order valence-electron chi connectivity index (χ3n) is 4.61. The lowest BCUT2D eigenvalue weighted by Gasteiger charge is -2.35. The van der Waals surface area contributed by atoms with E-state index in [0.717, 1.165) is 32.4 Å². The van der Waals surface area contributed by atoms with Crippen LogP contribution in [0.5, 0.6) is 0 Å². The predicted molar refractivity (Wildman–Crippen MR) is 100 cm³/mol. The lowest BCUT2D eigenvalue weighted by molar-refractivity contribution is -0.133. The second-order valence-corrected chi connectivity index (χ2v) is 7.06. The first-order valence-corrected chi connectivity index (χ1v) is 9.52. The van der Waals surface area contributed by atoms with Gasteiger partial charge in [0.15, 0.2) is 0 Å². The second-order valence-electron chi connectivity index (χ2n) is 6.65. The van der Waals surface area contributed by atoms with Gasteiger partial charge in [0.25, 0.3) is 0 Å². The van der Waals surface area contributed by atoms with Crippen molar-refractivity contribution in [2.45, 2.75) is 39.2 Å². The van der Waals surface area contributed by atoms with Gasteiger partial charge >= 0.3 is 0 Å². The Labute approximate surface area is 159 Å². The third-order valence-corrected chi connectivity index (χ3v) is 4.96. The summed E-state index contributed by atoms with van der Waals surface area (Å²) in [6.45, 7) is 5.41. The molecule has 0 bridgehead atoms. The van der Waals surface area contributed by atoms with Gasteiger partial charge in [0.2, 0.25) is 11.8 Å². The fourth-order valence-corrected chi connectivity index (χ4v) is 3.29. The van der Waals surface area contributed by atoms with Gasteiger partial charge in [-0.3, -0.25) is 14.5 Å². The average Bonchev–Trinajstić information content (AvgIpc) is 2.61. The van der Waals surface area contributed by atoms with Gasteiger partial charge in [-0.2, -0.15) is 0 Å². The second kappa shape index (κ2) is 10.5. The van der Waals surface area contributed by atoms with Crippen molar-refractivity contribution in [3.63, 3.8) is 0 Å². The fraction of sp³-hybridized carbons (Fsp3) is 0.579. The Morgan fingerprint density at radius 3 is 2.54 bits per heavy atom. The zero-order valence-corrected chi connectivity index (χ0v) is 16.0. The molecule has 1 aliphatic heterocycles. The van der Waals surface area contributed by atoms with E-state index in [9.17, 15) is 14.0 Å². The molecule has 1 fully saturated rings. The summed E-state index contributed by atoms with van der Waals surface area (Å²) >= 11 is 6.08. The Hall–Kier alpha value is -1.66. The lowest BCUT2D eigenvalue weighted by Crippen LogP contribution is -2.48. The molecule has 144 valence electrons. The molecule has 0 radical (unpaired) electrons. The van der Waals surface area contributed by atoms with E-state index in [1.807, 2.05) is 4.90 Å². The molecule has 1 aromatic carbocycles. The molecule has 1 aromatic rings. The Balaban J connectivity index is 1.66. The maximum absolute atomic E-state index is 13.9. The SMILES string of the molecule is CC(=O)NCCCCCC(=O)N1CCN(Cc2c(F)cccc2Cl)CC1. The summed E-state index contributed by atoms with van der Waals surface area (Å²) in [5.41, 5.74) is 0.521. The molecular weight excluding hydrogens is 357 g/mol. The highest BCUT2D eigenvalue weighted by Gasteiger charge is 2.22. The molecule has 5 nitrogen and oxygen atoms in total. The highest BCUT2D eigenvalue weighted by molar-refractivity contribution is 6.31. The molecule has 2 amide bonds. The summed E-state index contributed by atoms with van der Waals surface area (Å²) in [6.07, 6.45) is 3.20. The number of hydrogen-bond acceptors (Lipinski definition) is 3. The van der Waals surface area contributed by atoms with Crippen LogP contribution in [0.3, 0.4) is 0 Å². The van der Waals surface area contributed by atoms with Crippen molar-refractivity contribution in [1.29, 1.82) is 0 Å². The average molecular weight is 384 g/mol. The number of benzene rings is 1. The number of hydrogen-bond donors (Lipinski definition) is 1. The van der Waals surface area contributed by atoms with Gasteiger partial charge in [0.1, 0.15) is 5.82 Å². The number of carbonyl (C=O) groups is 2. The topological polar surface area (TPSA) is 52.7 Å². The van der Waals surface area contributed by atoms with Gasteiger partial charge in [0.05, 0.1) is 0 Å². The number of nitrogens with zero attached hydrogens (tertiary/aromatic N) is 2. The molecule has 0 spiro atoms. The lowest BCUT2D eigenvalue weighted by atomic mass is 10.1. The first kappa shape index (κ1) is 20.6. The van der Waals surface area contributed by atoms with Crippen LogP contribution in [0.2, 0.25) is 5.02 Å². The van der Waals surface area contributed by atoms with E-state index >= 15 is 0 Å². The van der Waals surface area contributed by atoms with Crippen LogP contribution in [0.15, 0.2) is 18.2 Å². The third kappa shape index (κ3) is 6.57. The largest absolute Gasteiger partial charge is 0.356 e. The minimum Gasteiger partial charge on any atom is -0.356 e. The number of halogens is 2. The van der Waals surface area contributed by atoms with E-state index in [2.05, 4.69) is 10.2 Å². The van der Waals surface area contributed by atoms with Crippen LogP contribution in [0.1, 0.15) is 38.2 Å². The van der Waals surface area contributed by atoms with Crippen LogP contribution < -0.4 is 5.32 Å². The van der Waals surface area contributed by atoms with E-state index in [-0.39, 0.29) is 17.6 Å². The van der Waals surface area contributed by atoms with Crippen LogP contribution in [-0.2, 0) is 16.1 Å². The van der Waals surface area contributed by atoms with Crippen molar-refractivity contribution < 1.29 is 14.0 Å². The van der Waals surface area contributed by atoms with Gasteiger partial charge in [0, 0.05) is 63.2 Å². The zero-order valence-electron chi connectivity index (χ0n) is 15.3. The van der Waals surface area contributed by atoms with Gasteiger partial charge in [-0.1, -0.05) is 24.1 Å². The van der Waals surface area contributed by atoms with Crippen molar-refractivity contribution in [1.82, 2.24) is 15.1 Å². The smallest absolute Gasteiger partial charge is 0.222 e. The van der Waals surface area contributed by atoms with Gasteiger partial charge in [-0.05, 0) is 25.0 Å². The van der Waals surface area contributed by atoms with Crippen molar-refractivity contribution >= 4 is 23.4 Å². The Morgan fingerprint density at radius 1 is 1.15 bits per heavy atom. The molecule has 1 saturated heterocycles. The number of carbonyl (C=O) groups excluding carboxylic acids is 2. The van der Waals surface area contributed by atoms with Crippen molar-refractivity contribution in [3.8, 4) is 0 Å². The molecule has 26 heavy (non-hydrogen) atoms. The monoisotopic (exact) mass is 383 g/mol. The van der Waals surface area contributed by atoms with E-state index < -0.39 is 0 Å². The van der Waals surface area contributed by atoms with Gasteiger partial charge in [-0.15, -0.1) is 0 Å². The van der Waals surface area contributed by atoms with Gasteiger partial charge in [-0.25, -0.2) is 4.39 Å². The molecule has 1 heterocycles. The van der Waals surface area contributed by atoms with E-state index in [1.165, 1.54) is 13.0 Å². The van der Waals surface area contributed by atoms with Crippen molar-refractivity contribution in [2.24, 2.45) is 0 Å². The number of rotatable bonds is 8. The molecule has 0 saturated carbocycles. The van der Waals surface area contributed by atoms with Crippen LogP contribution in [-0.4, -0.2) is 54.3 Å². The maximum atomic E-state index is 13.9. The summed E-state index contributed by atoms with van der Waals surface area (Å²) in [6, 6.07) is 4.73. The van der Waals surface area contributed by atoms with E-state index in [4.69, 9.17) is 11.6 Å². The molecule has 1 aliphatic rings. The first-order valence-electron chi connectivity index (χ1n) is 9.15. The summed E-state index contributed by atoms with van der Waals surface area (Å²) in [5.74, 6) is -0.126. The quantitative estimate of drug-likeness (QED) is 0.702. The van der Waals surface area contributed by atoms with E-state index in [1.54, 1.807) is 12.1 Å². The number of nitrogens with one attached hydrogen (secondary N) is 1. The Kier molecular flexibility index (Phi) is 8.32. The van der Waals surface area contributed by atoms with Crippen molar-refractivity contribution in [2.75, 3.05) is 32.7 Å². The molecular formula is C19H27ClFN3O2. The van der Waals surface area contributed by atoms with Crippen LogP contribution in [0.4, 0.5) is 4.39 Å². The minimum atomic E-state index is -0.282. The van der Waals surface area contributed by atoms with Crippen LogP contribution in [0.25, 0.3) is 0 Å². The highest BCUT2D eigenvalue weighted by atomic mass is 35.5. The molecule has 0 atom stereocenters.